The summed E-state index contributed by atoms with van der Waals surface area (Å²) in [5.74, 6) is -3.38. The molecule has 218 valence electrons. The monoisotopic (exact) mass is 583 g/mol. The number of hydrazine groups is 1. The number of alkyl halides is 2. The molecular weight excluding hydrogens is 557 g/mol. The quantitative estimate of drug-likeness (QED) is 0.324. The number of rotatable bonds is 9. The van der Waals surface area contributed by atoms with E-state index in [4.69, 9.17) is 5.73 Å². The Morgan fingerprint density at radius 2 is 1.86 bits per heavy atom. The molecule has 0 saturated heterocycles. The van der Waals surface area contributed by atoms with Crippen molar-refractivity contribution in [2.24, 2.45) is 17.6 Å². The molecule has 2 aliphatic carbocycles. The van der Waals surface area contributed by atoms with Crippen LogP contribution in [0, 0.1) is 29.3 Å². The van der Waals surface area contributed by atoms with E-state index in [1.54, 1.807) is 12.1 Å². The molecule has 3 unspecified atom stereocenters. The molecular formula is C30H26F5N5O2. The van der Waals surface area contributed by atoms with E-state index in [1.165, 1.54) is 23.3 Å². The minimum atomic E-state index is -2.77. The number of hydrogen-bond donors (Lipinski definition) is 3. The SMILES string of the molecule is NC(=O)c1cc(-c2cccnc2[C@H](Cc2cc(F)cc(F)c2)NC(=O)CN2NC3C(=C2C(F)F)CC2CC23)ccc1F. The Labute approximate surface area is 237 Å². The number of pyridine rings is 1. The molecule has 0 spiro atoms. The lowest BCUT2D eigenvalue weighted by Gasteiger charge is -2.26. The van der Waals surface area contributed by atoms with Crippen LogP contribution in [0.1, 0.15) is 40.5 Å². The molecule has 12 heteroatoms. The van der Waals surface area contributed by atoms with Crippen molar-refractivity contribution in [3.8, 4) is 11.1 Å². The van der Waals surface area contributed by atoms with Crippen LogP contribution in [0.2, 0.25) is 0 Å². The molecule has 3 aromatic rings. The number of carbonyl (C=O) groups excluding carboxylic acids is 2. The minimum absolute atomic E-state index is 0.114. The van der Waals surface area contributed by atoms with E-state index in [-0.39, 0.29) is 40.9 Å². The molecule has 2 saturated carbocycles. The lowest BCUT2D eigenvalue weighted by Crippen LogP contribution is -2.46. The number of amides is 2. The van der Waals surface area contributed by atoms with Gasteiger partial charge in [0.05, 0.1) is 29.0 Å². The van der Waals surface area contributed by atoms with Gasteiger partial charge in [-0.3, -0.25) is 19.6 Å². The molecule has 3 aliphatic rings. The smallest absolute Gasteiger partial charge is 0.279 e. The van der Waals surface area contributed by atoms with E-state index in [0.29, 0.717) is 35.1 Å². The summed E-state index contributed by atoms with van der Waals surface area (Å²) in [5.41, 5.74) is 9.69. The van der Waals surface area contributed by atoms with Crippen LogP contribution in [-0.2, 0) is 11.2 Å². The van der Waals surface area contributed by atoms with Crippen LogP contribution < -0.4 is 16.5 Å². The molecule has 4 atom stereocenters. The maximum atomic E-state index is 14.2. The predicted octanol–water partition coefficient (Wildman–Crippen LogP) is 4.41. The molecule has 2 amide bonds. The van der Waals surface area contributed by atoms with Crippen molar-refractivity contribution in [1.82, 2.24) is 20.7 Å². The van der Waals surface area contributed by atoms with Gasteiger partial charge < -0.3 is 11.1 Å². The highest BCUT2D eigenvalue weighted by Crippen LogP contribution is 2.57. The highest BCUT2D eigenvalue weighted by molar-refractivity contribution is 5.94. The Kier molecular flexibility index (Phi) is 7.17. The first-order valence-corrected chi connectivity index (χ1v) is 13.4. The van der Waals surface area contributed by atoms with Gasteiger partial charge in [0, 0.05) is 17.8 Å². The van der Waals surface area contributed by atoms with Crippen LogP contribution >= 0.6 is 0 Å². The maximum absolute atomic E-state index is 14.2. The van der Waals surface area contributed by atoms with E-state index in [9.17, 15) is 31.5 Å². The number of aromatic nitrogens is 1. The van der Waals surface area contributed by atoms with Crippen molar-refractivity contribution < 1.29 is 31.5 Å². The third-order valence-electron chi connectivity index (χ3n) is 8.09. The van der Waals surface area contributed by atoms with Gasteiger partial charge in [-0.25, -0.2) is 27.4 Å². The number of nitrogens with one attached hydrogen (secondary N) is 2. The molecule has 1 aromatic heterocycles. The second-order valence-corrected chi connectivity index (χ2v) is 10.9. The zero-order chi connectivity index (χ0) is 29.7. The first-order chi connectivity index (χ1) is 20.1. The predicted molar refractivity (Wildman–Crippen MR) is 142 cm³/mol. The molecule has 6 rings (SSSR count). The van der Waals surface area contributed by atoms with Crippen molar-refractivity contribution in [1.29, 1.82) is 0 Å². The number of halogens is 5. The Balaban J connectivity index is 1.32. The topological polar surface area (TPSA) is 100 Å². The second-order valence-electron chi connectivity index (χ2n) is 10.9. The van der Waals surface area contributed by atoms with Gasteiger partial charge >= 0.3 is 0 Å². The Bertz CT molecular complexity index is 1590. The van der Waals surface area contributed by atoms with Gasteiger partial charge in [0.25, 0.3) is 12.3 Å². The molecule has 2 heterocycles. The van der Waals surface area contributed by atoms with Crippen molar-refractivity contribution in [2.75, 3.05) is 6.54 Å². The number of benzene rings is 2. The van der Waals surface area contributed by atoms with Gasteiger partial charge in [-0.15, -0.1) is 0 Å². The summed E-state index contributed by atoms with van der Waals surface area (Å²) in [6.45, 7) is -0.435. The van der Waals surface area contributed by atoms with Crippen LogP contribution in [0.25, 0.3) is 11.1 Å². The van der Waals surface area contributed by atoms with Gasteiger partial charge in [0.15, 0.2) is 0 Å². The number of nitrogens with two attached hydrogens (primary N) is 1. The summed E-state index contributed by atoms with van der Waals surface area (Å²) in [7, 11) is 0. The molecule has 1 aliphatic heterocycles. The number of allylic oxidation sites excluding steroid dienone is 1. The van der Waals surface area contributed by atoms with Crippen molar-refractivity contribution in [2.45, 2.75) is 37.8 Å². The third kappa shape index (κ3) is 5.34. The molecule has 0 bridgehead atoms. The van der Waals surface area contributed by atoms with Crippen LogP contribution in [-0.4, -0.2) is 40.8 Å². The molecule has 2 aromatic carbocycles. The molecule has 2 fully saturated rings. The first-order valence-electron chi connectivity index (χ1n) is 13.4. The summed E-state index contributed by atoms with van der Waals surface area (Å²) in [6.07, 6.45) is 0.103. The molecule has 42 heavy (non-hydrogen) atoms. The van der Waals surface area contributed by atoms with Gasteiger partial charge in [-0.1, -0.05) is 12.1 Å². The fourth-order valence-corrected chi connectivity index (χ4v) is 6.20. The van der Waals surface area contributed by atoms with E-state index >= 15 is 0 Å². The summed E-state index contributed by atoms with van der Waals surface area (Å²) in [6, 6.07) is 8.68. The maximum Gasteiger partial charge on any atom is 0.279 e. The summed E-state index contributed by atoms with van der Waals surface area (Å²) < 4.78 is 70.5. The standard InChI is InChI=1S/C30H26F5N5O2/c31-17-6-14(7-18(32)12-17)8-24(27-19(2-1-5-37-27)15-3-4-23(33)21(9-15)30(36)42)38-25(41)13-40-28(29(34)35)22-11-16-10-20(16)26(22)39-40/h1-7,9,12,16,20,24,26,29,39H,8,10-11,13H2,(H2,36,42)(H,38,41)/t16?,20?,24-,26?/m0/s1. The Morgan fingerprint density at radius 1 is 1.10 bits per heavy atom. The average molecular weight is 584 g/mol. The minimum Gasteiger partial charge on any atom is -0.366 e. The Morgan fingerprint density at radius 3 is 2.57 bits per heavy atom. The van der Waals surface area contributed by atoms with Crippen molar-refractivity contribution in [3.63, 3.8) is 0 Å². The lowest BCUT2D eigenvalue weighted by molar-refractivity contribution is -0.123. The third-order valence-corrected chi connectivity index (χ3v) is 8.09. The number of carbonyl (C=O) groups is 2. The van der Waals surface area contributed by atoms with Gasteiger partial charge in [0.2, 0.25) is 5.91 Å². The largest absolute Gasteiger partial charge is 0.366 e. The molecule has 4 N–H and O–H groups in total. The number of fused-ring (bicyclic) bond motifs is 3. The highest BCUT2D eigenvalue weighted by Gasteiger charge is 2.56. The fourth-order valence-electron chi connectivity index (χ4n) is 6.20. The lowest BCUT2D eigenvalue weighted by atomic mass is 9.94. The van der Waals surface area contributed by atoms with Crippen molar-refractivity contribution >= 4 is 11.8 Å². The van der Waals surface area contributed by atoms with E-state index < -0.39 is 48.3 Å². The van der Waals surface area contributed by atoms with Crippen molar-refractivity contribution in [3.05, 3.63) is 100 Å². The zero-order valence-electron chi connectivity index (χ0n) is 22.1. The molecule has 7 nitrogen and oxygen atoms in total. The summed E-state index contributed by atoms with van der Waals surface area (Å²) >= 11 is 0. The first kappa shape index (κ1) is 27.8. The normalized spacial score (nSPS) is 21.4. The van der Waals surface area contributed by atoms with Crippen LogP contribution in [0.5, 0.6) is 0 Å². The van der Waals surface area contributed by atoms with Gasteiger partial charge in [0.1, 0.15) is 24.0 Å². The average Bonchev–Trinajstić information content (AvgIpc) is 3.47. The zero-order valence-corrected chi connectivity index (χ0v) is 22.1. The number of primary amides is 1. The second kappa shape index (κ2) is 10.8. The number of hydrogen-bond acceptors (Lipinski definition) is 5. The van der Waals surface area contributed by atoms with E-state index in [0.717, 1.165) is 24.6 Å². The molecule has 0 radical (unpaired) electrons. The Hall–Kier alpha value is -4.32. The van der Waals surface area contributed by atoms with Crippen LogP contribution in [0.3, 0.4) is 0 Å². The van der Waals surface area contributed by atoms with E-state index in [2.05, 4.69) is 15.7 Å². The highest BCUT2D eigenvalue weighted by atomic mass is 19.3. The van der Waals surface area contributed by atoms with Crippen LogP contribution in [0.4, 0.5) is 22.0 Å². The summed E-state index contributed by atoms with van der Waals surface area (Å²) in [5, 5.41) is 3.98. The fraction of sp³-hybridized carbons (Fsp3) is 0.300. The summed E-state index contributed by atoms with van der Waals surface area (Å²) in [4.78, 5) is 29.6. The van der Waals surface area contributed by atoms with Gasteiger partial charge in [-0.05, 0) is 78.1 Å². The number of nitrogens with zero attached hydrogens (tertiary/aromatic N) is 2. The van der Waals surface area contributed by atoms with Crippen LogP contribution in [0.15, 0.2) is 66.0 Å². The van der Waals surface area contributed by atoms with E-state index in [1.807, 2.05) is 0 Å². The van der Waals surface area contributed by atoms with Gasteiger partial charge in [-0.2, -0.15) is 0 Å².